The summed E-state index contributed by atoms with van der Waals surface area (Å²) in [5.74, 6) is -0.0771. The highest BCUT2D eigenvalue weighted by Crippen LogP contribution is 2.46. The van der Waals surface area contributed by atoms with Gasteiger partial charge in [-0.15, -0.1) is 0 Å². The van der Waals surface area contributed by atoms with Crippen molar-refractivity contribution in [2.45, 2.75) is 89.9 Å². The molecule has 2 aromatic rings. The van der Waals surface area contributed by atoms with Crippen molar-refractivity contribution in [2.24, 2.45) is 10.8 Å². The van der Waals surface area contributed by atoms with Crippen molar-refractivity contribution in [1.82, 2.24) is 0 Å². The average molecular weight is 413 g/mol. The second kappa shape index (κ2) is 7.58. The zero-order chi connectivity index (χ0) is 22.4. The van der Waals surface area contributed by atoms with Crippen molar-refractivity contribution in [1.29, 1.82) is 0 Å². The molecule has 0 N–H and O–H groups in total. The van der Waals surface area contributed by atoms with Crippen LogP contribution in [0.4, 0.5) is 0 Å². The average Bonchev–Trinajstić information content (AvgIpc) is 2.56. The van der Waals surface area contributed by atoms with Crippen molar-refractivity contribution in [3.05, 3.63) is 47.5 Å². The Kier molecular flexibility index (Phi) is 6.18. The molecule has 0 aliphatic carbocycles. The van der Waals surface area contributed by atoms with E-state index in [9.17, 15) is 10.2 Å². The Labute approximate surface area is 181 Å². The largest absolute Gasteiger partial charge is 0.872 e. The van der Waals surface area contributed by atoms with Crippen LogP contribution in [0.2, 0.25) is 0 Å². The van der Waals surface area contributed by atoms with Crippen LogP contribution in [0.25, 0.3) is 0 Å². The predicted octanol–water partition coefficient (Wildman–Crippen LogP) is 6.63. The van der Waals surface area contributed by atoms with Crippen molar-refractivity contribution in [2.75, 3.05) is 0 Å². The highest BCUT2D eigenvalue weighted by Gasteiger charge is 2.35. The molecular weight excluding hydrogens is 376 g/mol. The maximum Gasteiger partial charge on any atom is 0.00459 e. The van der Waals surface area contributed by atoms with E-state index in [0.717, 1.165) is 11.1 Å². The zero-order valence-electron chi connectivity index (χ0n) is 19.7. The van der Waals surface area contributed by atoms with Crippen LogP contribution >= 0.6 is 11.8 Å². The van der Waals surface area contributed by atoms with Crippen LogP contribution in [0.15, 0.2) is 46.2 Å². The van der Waals surface area contributed by atoms with E-state index in [1.807, 2.05) is 24.3 Å². The standard InChI is InChI=1S/C26H38O2S/c1-23(2,3)25(7,8)17-11-13-19(27)21(15-17)29-22-16-18(12-14-20(22)28)26(9,10)24(4,5)6/h11-16,27-28H,1-10H3/p-2. The Morgan fingerprint density at radius 3 is 1.14 bits per heavy atom. The van der Waals surface area contributed by atoms with E-state index in [4.69, 9.17) is 0 Å². The molecule has 0 amide bonds. The van der Waals surface area contributed by atoms with Crippen LogP contribution in [0.5, 0.6) is 11.5 Å². The molecule has 0 heterocycles. The van der Waals surface area contributed by atoms with Gasteiger partial charge in [-0.2, -0.15) is 0 Å². The van der Waals surface area contributed by atoms with Gasteiger partial charge in [-0.1, -0.05) is 117 Å². The Balaban J connectivity index is 2.50. The monoisotopic (exact) mass is 412 g/mol. The summed E-state index contributed by atoms with van der Waals surface area (Å²) in [7, 11) is 0. The van der Waals surface area contributed by atoms with E-state index >= 15 is 0 Å². The maximum absolute atomic E-state index is 12.6. The van der Waals surface area contributed by atoms with Gasteiger partial charge in [0.1, 0.15) is 0 Å². The molecule has 0 atom stereocenters. The number of benzene rings is 2. The first-order valence-corrected chi connectivity index (χ1v) is 11.1. The summed E-state index contributed by atoms with van der Waals surface area (Å²) in [5.41, 5.74) is 2.11. The van der Waals surface area contributed by atoms with Crippen LogP contribution in [0.1, 0.15) is 80.4 Å². The molecular formula is C26H36O2S-2. The molecule has 2 nitrogen and oxygen atoms in total. The molecule has 0 fully saturated rings. The fourth-order valence-electron chi connectivity index (χ4n) is 2.94. The van der Waals surface area contributed by atoms with Gasteiger partial charge >= 0.3 is 0 Å². The lowest BCUT2D eigenvalue weighted by atomic mass is 9.65. The molecule has 0 spiro atoms. The third-order valence-corrected chi connectivity index (χ3v) is 8.38. The summed E-state index contributed by atoms with van der Waals surface area (Å²) >= 11 is 1.30. The van der Waals surface area contributed by atoms with Gasteiger partial charge in [0.2, 0.25) is 0 Å². The molecule has 2 aromatic carbocycles. The molecule has 2 rings (SSSR count). The lowest BCUT2D eigenvalue weighted by Gasteiger charge is -2.40. The molecule has 3 heteroatoms. The molecule has 0 aromatic heterocycles. The van der Waals surface area contributed by atoms with Gasteiger partial charge in [0.25, 0.3) is 0 Å². The smallest absolute Gasteiger partial charge is 0.00459 e. The molecule has 0 aliphatic rings. The number of rotatable bonds is 4. The second-order valence-corrected chi connectivity index (χ2v) is 12.3. The Morgan fingerprint density at radius 1 is 0.552 bits per heavy atom. The number of hydrogen-bond acceptors (Lipinski definition) is 3. The quantitative estimate of drug-likeness (QED) is 0.566. The van der Waals surface area contributed by atoms with Crippen molar-refractivity contribution < 1.29 is 10.2 Å². The topological polar surface area (TPSA) is 46.1 Å². The van der Waals surface area contributed by atoms with Gasteiger partial charge in [0.05, 0.1) is 0 Å². The summed E-state index contributed by atoms with van der Waals surface area (Å²) in [6.45, 7) is 22.0. The van der Waals surface area contributed by atoms with Crippen LogP contribution in [0.3, 0.4) is 0 Å². The molecule has 0 saturated heterocycles. The summed E-state index contributed by atoms with van der Waals surface area (Å²) in [5, 5.41) is 25.2. The lowest BCUT2D eigenvalue weighted by Crippen LogP contribution is -2.34. The second-order valence-electron chi connectivity index (χ2n) is 11.2. The van der Waals surface area contributed by atoms with Crippen LogP contribution in [-0.2, 0) is 10.8 Å². The summed E-state index contributed by atoms with van der Waals surface area (Å²) in [6, 6.07) is 11.1. The highest BCUT2D eigenvalue weighted by atomic mass is 32.2. The molecule has 0 saturated carbocycles. The summed E-state index contributed by atoms with van der Waals surface area (Å²) in [6.07, 6.45) is 0. The van der Waals surface area contributed by atoms with Crippen LogP contribution in [-0.4, -0.2) is 0 Å². The van der Waals surface area contributed by atoms with E-state index in [1.54, 1.807) is 12.1 Å². The SMILES string of the molecule is CC(C)(C)C(C)(C)c1ccc([O-])c(Sc2cc(C(C)(C)C(C)(C)C)ccc2[O-])c1. The first kappa shape index (κ1) is 23.7. The normalized spacial score (nSPS) is 13.6. The minimum atomic E-state index is -0.105. The zero-order valence-corrected chi connectivity index (χ0v) is 20.5. The van der Waals surface area contributed by atoms with Crippen molar-refractivity contribution in [3.63, 3.8) is 0 Å². The fourth-order valence-corrected chi connectivity index (χ4v) is 3.88. The van der Waals surface area contributed by atoms with E-state index in [1.165, 1.54) is 11.8 Å². The Morgan fingerprint density at radius 2 is 0.862 bits per heavy atom. The van der Waals surface area contributed by atoms with Crippen LogP contribution in [0, 0.1) is 10.8 Å². The number of hydrogen-bond donors (Lipinski definition) is 0. The van der Waals surface area contributed by atoms with Gasteiger partial charge in [-0.3, -0.25) is 0 Å². The van der Waals surface area contributed by atoms with E-state index in [2.05, 4.69) is 69.2 Å². The van der Waals surface area contributed by atoms with Crippen LogP contribution < -0.4 is 10.2 Å². The highest BCUT2D eigenvalue weighted by molar-refractivity contribution is 7.99. The van der Waals surface area contributed by atoms with Crippen molar-refractivity contribution in [3.8, 4) is 11.5 Å². The van der Waals surface area contributed by atoms with E-state index in [0.29, 0.717) is 9.79 Å². The molecule has 0 unspecified atom stereocenters. The van der Waals surface area contributed by atoms with Gasteiger partial charge in [-0.25, -0.2) is 0 Å². The van der Waals surface area contributed by atoms with Crippen molar-refractivity contribution >= 4 is 11.8 Å². The predicted molar refractivity (Wildman–Crippen MR) is 121 cm³/mol. The Hall–Kier alpha value is -1.61. The van der Waals surface area contributed by atoms with E-state index < -0.39 is 0 Å². The van der Waals surface area contributed by atoms with Gasteiger partial charge < -0.3 is 10.2 Å². The molecule has 0 radical (unpaired) electrons. The van der Waals surface area contributed by atoms with Gasteiger partial charge in [0, 0.05) is 9.79 Å². The molecule has 160 valence electrons. The molecule has 0 bridgehead atoms. The first-order chi connectivity index (χ1) is 13.0. The van der Waals surface area contributed by atoms with E-state index in [-0.39, 0.29) is 33.2 Å². The maximum atomic E-state index is 12.6. The lowest BCUT2D eigenvalue weighted by molar-refractivity contribution is -0.272. The Bertz CT molecular complexity index is 807. The van der Waals surface area contributed by atoms with Gasteiger partial charge in [0.15, 0.2) is 0 Å². The molecule has 29 heavy (non-hydrogen) atoms. The fraction of sp³-hybridized carbons (Fsp3) is 0.538. The van der Waals surface area contributed by atoms with Gasteiger partial charge in [-0.05, 0) is 44.9 Å². The molecule has 0 aliphatic heterocycles. The summed E-state index contributed by atoms with van der Waals surface area (Å²) in [4.78, 5) is 1.23. The third-order valence-electron chi connectivity index (χ3n) is 7.30. The minimum Gasteiger partial charge on any atom is -0.872 e. The third kappa shape index (κ3) is 4.60. The summed E-state index contributed by atoms with van der Waals surface area (Å²) < 4.78 is 0. The first-order valence-electron chi connectivity index (χ1n) is 10.3. The minimum absolute atomic E-state index is 0.0386.